The summed E-state index contributed by atoms with van der Waals surface area (Å²) in [6.45, 7) is 6.52. The highest BCUT2D eigenvalue weighted by atomic mass is 16.5. The van der Waals surface area contributed by atoms with Crippen molar-refractivity contribution in [2.24, 2.45) is 0 Å². The number of rotatable bonds is 8. The van der Waals surface area contributed by atoms with Crippen LogP contribution in [-0.4, -0.2) is 42.4 Å². The Morgan fingerprint density at radius 2 is 2.00 bits per heavy atom. The lowest BCUT2D eigenvalue weighted by molar-refractivity contribution is -0.139. The molecule has 0 rings (SSSR count). The zero-order valence-corrected chi connectivity index (χ0v) is 10.7. The number of carboxylic acid groups (broad SMARTS) is 1. The minimum absolute atomic E-state index is 0.0831. The number of amides is 2. The second-order valence-corrected chi connectivity index (χ2v) is 3.80. The number of nitrogens with one attached hydrogen (secondary N) is 2. The van der Waals surface area contributed by atoms with Crippen LogP contribution in [0.2, 0.25) is 0 Å². The van der Waals surface area contributed by atoms with Crippen LogP contribution < -0.4 is 10.6 Å². The molecule has 0 aromatic rings. The Bertz CT molecular complexity index is 246. The molecule has 6 nitrogen and oxygen atoms in total. The molecule has 3 N–H and O–H groups in total. The maximum absolute atomic E-state index is 11.4. The van der Waals surface area contributed by atoms with E-state index in [-0.39, 0.29) is 6.10 Å². The molecule has 0 aromatic carbocycles. The lowest BCUT2D eigenvalue weighted by Crippen LogP contribution is -2.47. The summed E-state index contributed by atoms with van der Waals surface area (Å²) in [5, 5.41) is 13.8. The summed E-state index contributed by atoms with van der Waals surface area (Å²) in [7, 11) is 0. The molecule has 100 valence electrons. The number of carbonyl (C=O) groups excluding carboxylic acids is 1. The van der Waals surface area contributed by atoms with E-state index < -0.39 is 18.0 Å². The van der Waals surface area contributed by atoms with Gasteiger partial charge in [-0.15, -0.1) is 0 Å². The van der Waals surface area contributed by atoms with Crippen LogP contribution in [0.3, 0.4) is 0 Å². The third kappa shape index (κ3) is 7.57. The van der Waals surface area contributed by atoms with E-state index in [4.69, 9.17) is 9.84 Å². The van der Waals surface area contributed by atoms with Gasteiger partial charge in [0.05, 0.1) is 6.10 Å². The quantitative estimate of drug-likeness (QED) is 0.595. The predicted molar refractivity (Wildman–Crippen MR) is 64.0 cm³/mol. The van der Waals surface area contributed by atoms with Gasteiger partial charge in [0, 0.05) is 13.2 Å². The van der Waals surface area contributed by atoms with E-state index in [9.17, 15) is 9.59 Å². The van der Waals surface area contributed by atoms with Crippen molar-refractivity contribution >= 4 is 12.0 Å². The number of hydrogen-bond acceptors (Lipinski definition) is 3. The molecule has 0 radical (unpaired) electrons. The molecule has 0 saturated carbocycles. The highest BCUT2D eigenvalue weighted by Crippen LogP contribution is 1.96. The Morgan fingerprint density at radius 3 is 2.47 bits per heavy atom. The van der Waals surface area contributed by atoms with Gasteiger partial charge in [0.15, 0.2) is 0 Å². The van der Waals surface area contributed by atoms with Gasteiger partial charge in [-0.3, -0.25) is 0 Å². The number of ether oxygens (including phenoxy) is 1. The highest BCUT2D eigenvalue weighted by Gasteiger charge is 2.18. The minimum atomic E-state index is -1.01. The molecule has 0 saturated heterocycles. The number of urea groups is 1. The first kappa shape index (κ1) is 15.7. The Hall–Kier alpha value is -1.30. The topological polar surface area (TPSA) is 87.7 Å². The summed E-state index contributed by atoms with van der Waals surface area (Å²) in [6, 6.07) is -1.31. The van der Waals surface area contributed by atoms with Crippen molar-refractivity contribution in [3.05, 3.63) is 0 Å². The molecule has 0 aromatic heterocycles. The van der Waals surface area contributed by atoms with Crippen LogP contribution in [0.5, 0.6) is 0 Å². The third-order valence-corrected chi connectivity index (χ3v) is 2.18. The Morgan fingerprint density at radius 1 is 1.35 bits per heavy atom. The van der Waals surface area contributed by atoms with E-state index in [1.165, 1.54) is 0 Å². The molecular formula is C11H22N2O4. The summed E-state index contributed by atoms with van der Waals surface area (Å²) in [5.41, 5.74) is 0. The smallest absolute Gasteiger partial charge is 0.326 e. The van der Waals surface area contributed by atoms with Crippen molar-refractivity contribution < 1.29 is 19.4 Å². The maximum Gasteiger partial charge on any atom is 0.326 e. The van der Waals surface area contributed by atoms with Crippen molar-refractivity contribution in [1.82, 2.24) is 10.6 Å². The molecule has 2 unspecified atom stereocenters. The molecule has 0 fully saturated rings. The molecule has 0 aliphatic carbocycles. The lowest BCUT2D eigenvalue weighted by Gasteiger charge is -2.16. The van der Waals surface area contributed by atoms with Crippen molar-refractivity contribution in [2.75, 3.05) is 13.2 Å². The molecule has 0 spiro atoms. The van der Waals surface area contributed by atoms with Gasteiger partial charge in [-0.25, -0.2) is 9.59 Å². The van der Waals surface area contributed by atoms with Crippen molar-refractivity contribution in [3.8, 4) is 0 Å². The van der Waals surface area contributed by atoms with Gasteiger partial charge >= 0.3 is 12.0 Å². The first-order valence-corrected chi connectivity index (χ1v) is 5.90. The summed E-state index contributed by atoms with van der Waals surface area (Å²) in [4.78, 5) is 22.2. The van der Waals surface area contributed by atoms with Gasteiger partial charge in [0.25, 0.3) is 0 Å². The maximum atomic E-state index is 11.4. The molecule has 0 aliphatic rings. The fraction of sp³-hybridized carbons (Fsp3) is 0.818. The van der Waals surface area contributed by atoms with E-state index in [2.05, 4.69) is 10.6 Å². The average molecular weight is 246 g/mol. The number of hydrogen-bond donors (Lipinski definition) is 3. The predicted octanol–water partition coefficient (Wildman–Crippen LogP) is 0.964. The number of carboxylic acids is 1. The van der Waals surface area contributed by atoms with E-state index in [0.29, 0.717) is 26.0 Å². The normalized spacial score (nSPS) is 13.8. The van der Waals surface area contributed by atoms with Crippen molar-refractivity contribution in [3.63, 3.8) is 0 Å². The average Bonchev–Trinajstić information content (AvgIpc) is 2.26. The zero-order chi connectivity index (χ0) is 13.3. The minimum Gasteiger partial charge on any atom is -0.480 e. The second kappa shape index (κ2) is 8.81. The second-order valence-electron chi connectivity index (χ2n) is 3.80. The van der Waals surface area contributed by atoms with Gasteiger partial charge in [0.2, 0.25) is 0 Å². The van der Waals surface area contributed by atoms with Crippen LogP contribution in [0.25, 0.3) is 0 Å². The molecule has 6 heteroatoms. The largest absolute Gasteiger partial charge is 0.480 e. The van der Waals surface area contributed by atoms with Crippen LogP contribution in [0.15, 0.2) is 0 Å². The van der Waals surface area contributed by atoms with E-state index in [1.54, 1.807) is 0 Å². The number of aliphatic carboxylic acids is 1. The Kier molecular flexibility index (Phi) is 8.13. The van der Waals surface area contributed by atoms with E-state index >= 15 is 0 Å². The monoisotopic (exact) mass is 246 g/mol. The van der Waals surface area contributed by atoms with Crippen LogP contribution >= 0.6 is 0 Å². The van der Waals surface area contributed by atoms with Gasteiger partial charge in [-0.05, 0) is 20.3 Å². The van der Waals surface area contributed by atoms with Crippen molar-refractivity contribution in [1.29, 1.82) is 0 Å². The van der Waals surface area contributed by atoms with Crippen LogP contribution in [0, 0.1) is 0 Å². The molecule has 17 heavy (non-hydrogen) atoms. The van der Waals surface area contributed by atoms with Crippen LogP contribution in [0.4, 0.5) is 4.79 Å². The first-order valence-electron chi connectivity index (χ1n) is 5.90. The molecular weight excluding hydrogens is 224 g/mol. The summed E-state index contributed by atoms with van der Waals surface area (Å²) in [5.74, 6) is -1.01. The van der Waals surface area contributed by atoms with Gasteiger partial charge < -0.3 is 20.5 Å². The summed E-state index contributed by atoms with van der Waals surface area (Å²) >= 11 is 0. The van der Waals surface area contributed by atoms with Gasteiger partial charge in [-0.1, -0.05) is 13.3 Å². The van der Waals surface area contributed by atoms with Crippen molar-refractivity contribution in [2.45, 2.75) is 45.8 Å². The Balaban J connectivity index is 3.93. The van der Waals surface area contributed by atoms with Crippen LogP contribution in [0.1, 0.15) is 33.6 Å². The van der Waals surface area contributed by atoms with Crippen LogP contribution in [-0.2, 0) is 9.53 Å². The van der Waals surface area contributed by atoms with E-state index in [1.807, 2.05) is 20.8 Å². The Labute approximate surface area is 102 Å². The number of carbonyl (C=O) groups is 2. The summed E-state index contributed by atoms with van der Waals surface area (Å²) in [6.07, 6.45) is 1.04. The molecule has 0 heterocycles. The molecule has 0 aliphatic heterocycles. The van der Waals surface area contributed by atoms with E-state index in [0.717, 1.165) is 0 Å². The SMILES string of the molecule is CCCC(NC(=O)NCC(C)OCC)C(=O)O. The van der Waals surface area contributed by atoms with Gasteiger partial charge in [0.1, 0.15) is 6.04 Å². The first-order chi connectivity index (χ1) is 8.01. The molecule has 2 amide bonds. The fourth-order valence-electron chi connectivity index (χ4n) is 1.34. The fourth-order valence-corrected chi connectivity index (χ4v) is 1.34. The summed E-state index contributed by atoms with van der Waals surface area (Å²) < 4.78 is 5.23. The highest BCUT2D eigenvalue weighted by molar-refractivity contribution is 5.82. The standard InChI is InChI=1S/C11H22N2O4/c1-4-6-9(10(14)15)13-11(16)12-7-8(3)17-5-2/h8-9H,4-7H2,1-3H3,(H,14,15)(H2,12,13,16). The molecule has 2 atom stereocenters. The lowest BCUT2D eigenvalue weighted by atomic mass is 10.2. The third-order valence-electron chi connectivity index (χ3n) is 2.18. The van der Waals surface area contributed by atoms with Gasteiger partial charge in [-0.2, -0.15) is 0 Å². The zero-order valence-electron chi connectivity index (χ0n) is 10.7. The molecule has 0 bridgehead atoms.